The highest BCUT2D eigenvalue weighted by Gasteiger charge is 2.34. The summed E-state index contributed by atoms with van der Waals surface area (Å²) in [7, 11) is -3.73. The maximum Gasteiger partial charge on any atom is 0.418 e. The molecule has 1 aliphatic rings. The molecular weight excluding hydrogens is 509 g/mol. The second-order valence-corrected chi connectivity index (χ2v) is 11.0. The molecular formula is C23H24ClF3N2O5S. The van der Waals surface area contributed by atoms with Gasteiger partial charge in [-0.05, 0) is 60.7 Å². The van der Waals surface area contributed by atoms with Gasteiger partial charge in [0, 0.05) is 18.1 Å². The van der Waals surface area contributed by atoms with Crippen molar-refractivity contribution in [3.05, 3.63) is 58.6 Å². The van der Waals surface area contributed by atoms with Gasteiger partial charge in [0.05, 0.1) is 21.7 Å². The van der Waals surface area contributed by atoms with E-state index in [1.165, 1.54) is 34.6 Å². The number of alkyl halides is 3. The molecule has 0 aliphatic carbocycles. The molecule has 0 radical (unpaired) electrons. The fraction of sp³-hybridized carbons (Fsp3) is 0.391. The molecule has 2 atom stereocenters. The molecule has 1 amide bonds. The second-order valence-electron chi connectivity index (χ2n) is 8.60. The van der Waals surface area contributed by atoms with Crippen LogP contribution in [0.1, 0.15) is 36.2 Å². The molecule has 0 bridgehead atoms. The molecule has 0 spiro atoms. The Morgan fingerprint density at radius 2 is 1.69 bits per heavy atom. The van der Waals surface area contributed by atoms with E-state index in [2.05, 4.69) is 0 Å². The van der Waals surface area contributed by atoms with Crippen molar-refractivity contribution in [3.8, 4) is 0 Å². The summed E-state index contributed by atoms with van der Waals surface area (Å²) in [6, 6.07) is 7.91. The van der Waals surface area contributed by atoms with E-state index in [4.69, 9.17) is 16.3 Å². The number of halogens is 4. The second kappa shape index (κ2) is 10.5. The summed E-state index contributed by atoms with van der Waals surface area (Å²) in [4.78, 5) is 24.3. The van der Waals surface area contributed by atoms with E-state index in [-0.39, 0.29) is 27.3 Å². The Hall–Kier alpha value is -2.63. The van der Waals surface area contributed by atoms with Crippen LogP contribution in [0.15, 0.2) is 47.4 Å². The zero-order valence-corrected chi connectivity index (χ0v) is 20.5. The number of nitrogens with one attached hydrogen (secondary N) is 1. The summed E-state index contributed by atoms with van der Waals surface area (Å²) >= 11 is 5.60. The minimum absolute atomic E-state index is 0.0143. The number of piperidine rings is 1. The monoisotopic (exact) mass is 532 g/mol. The molecule has 1 heterocycles. The number of nitrogens with zero attached hydrogens (tertiary/aromatic N) is 1. The van der Waals surface area contributed by atoms with Gasteiger partial charge in [-0.25, -0.2) is 13.2 Å². The number of carbonyl (C=O) groups excluding carboxylic acids is 2. The van der Waals surface area contributed by atoms with Crippen molar-refractivity contribution < 1.29 is 35.9 Å². The zero-order valence-electron chi connectivity index (χ0n) is 18.9. The number of ether oxygens (including phenoxy) is 1. The van der Waals surface area contributed by atoms with Crippen LogP contribution >= 0.6 is 11.6 Å². The molecule has 3 rings (SSSR count). The molecule has 7 nitrogen and oxygen atoms in total. The van der Waals surface area contributed by atoms with E-state index >= 15 is 0 Å². The van der Waals surface area contributed by atoms with E-state index < -0.39 is 45.9 Å². The molecule has 2 aromatic carbocycles. The summed E-state index contributed by atoms with van der Waals surface area (Å²) < 4.78 is 71.6. The van der Waals surface area contributed by atoms with Gasteiger partial charge in [-0.2, -0.15) is 17.5 Å². The van der Waals surface area contributed by atoms with Crippen molar-refractivity contribution in [1.29, 1.82) is 0 Å². The molecule has 0 saturated carbocycles. The molecule has 1 aliphatic heterocycles. The Bertz CT molecular complexity index is 1190. The zero-order chi connectivity index (χ0) is 26.0. The minimum atomic E-state index is -4.75. The smallest absolute Gasteiger partial charge is 0.418 e. The molecule has 12 heteroatoms. The van der Waals surface area contributed by atoms with Crippen LogP contribution in [0.4, 0.5) is 18.9 Å². The number of rotatable bonds is 6. The number of sulfonamides is 1. The summed E-state index contributed by atoms with van der Waals surface area (Å²) in [6.07, 6.45) is -3.81. The lowest BCUT2D eigenvalue weighted by molar-refractivity contribution is -0.137. The summed E-state index contributed by atoms with van der Waals surface area (Å²) in [5.41, 5.74) is -1.68. The van der Waals surface area contributed by atoms with E-state index in [1.807, 2.05) is 19.2 Å². The topological polar surface area (TPSA) is 92.8 Å². The SMILES string of the molecule is C[C@@H]1C[C@@H](C)CN(S(=O)(=O)c2ccc(C(=O)OCC(=O)Nc3ccc(Cl)cc3C(F)(F)F)cc2)C1. The molecule has 0 unspecified atom stereocenters. The lowest BCUT2D eigenvalue weighted by Crippen LogP contribution is -2.42. The Morgan fingerprint density at radius 3 is 2.26 bits per heavy atom. The third kappa shape index (κ3) is 6.74. The van der Waals surface area contributed by atoms with Gasteiger partial charge >= 0.3 is 12.1 Å². The molecule has 35 heavy (non-hydrogen) atoms. The van der Waals surface area contributed by atoms with Crippen molar-refractivity contribution in [2.24, 2.45) is 11.8 Å². The summed E-state index contributed by atoms with van der Waals surface area (Å²) in [6.45, 7) is 3.96. The van der Waals surface area contributed by atoms with Gasteiger partial charge in [0.25, 0.3) is 5.91 Å². The van der Waals surface area contributed by atoms with Gasteiger partial charge in [-0.15, -0.1) is 0 Å². The lowest BCUT2D eigenvalue weighted by Gasteiger charge is -2.34. The normalized spacial score (nSPS) is 19.3. The van der Waals surface area contributed by atoms with Crippen molar-refractivity contribution >= 4 is 39.2 Å². The largest absolute Gasteiger partial charge is 0.452 e. The number of esters is 1. The third-order valence-corrected chi connectivity index (χ3v) is 7.54. The van der Waals surface area contributed by atoms with Crippen LogP contribution in [0.3, 0.4) is 0 Å². The van der Waals surface area contributed by atoms with Gasteiger partial charge in [-0.1, -0.05) is 25.4 Å². The Balaban J connectivity index is 1.62. The number of anilines is 1. The minimum Gasteiger partial charge on any atom is -0.452 e. The van der Waals surface area contributed by atoms with E-state index in [0.717, 1.165) is 12.5 Å². The summed E-state index contributed by atoms with van der Waals surface area (Å²) in [5.74, 6) is -1.46. The maximum atomic E-state index is 13.1. The summed E-state index contributed by atoms with van der Waals surface area (Å²) in [5, 5.41) is 1.89. The molecule has 1 N–H and O–H groups in total. The number of carbonyl (C=O) groups is 2. The van der Waals surface area contributed by atoms with Gasteiger partial charge in [-0.3, -0.25) is 4.79 Å². The first-order valence-corrected chi connectivity index (χ1v) is 12.5. The number of amides is 1. The van der Waals surface area contributed by atoms with Crippen LogP contribution in [0.25, 0.3) is 0 Å². The standard InChI is InChI=1S/C23H24ClF3N2O5S/c1-14-9-15(2)12-29(11-14)35(32,33)18-6-3-16(4-7-18)22(31)34-13-21(30)28-20-8-5-17(24)10-19(20)23(25,26)27/h3-8,10,14-15H,9,11-13H2,1-2H3,(H,28,30)/t14-,15-/m1/s1. The van der Waals surface area contributed by atoms with Gasteiger partial charge < -0.3 is 10.1 Å². The van der Waals surface area contributed by atoms with Crippen LogP contribution in [-0.4, -0.2) is 44.3 Å². The van der Waals surface area contributed by atoms with Crippen molar-refractivity contribution in [2.75, 3.05) is 25.0 Å². The highest BCUT2D eigenvalue weighted by atomic mass is 35.5. The maximum absolute atomic E-state index is 13.1. The van der Waals surface area contributed by atoms with Crippen LogP contribution in [0, 0.1) is 11.8 Å². The fourth-order valence-corrected chi connectivity index (χ4v) is 5.83. The average Bonchev–Trinajstić information content (AvgIpc) is 2.77. The third-order valence-electron chi connectivity index (χ3n) is 5.46. The van der Waals surface area contributed by atoms with Crippen LogP contribution in [0.2, 0.25) is 5.02 Å². The number of hydrogen-bond acceptors (Lipinski definition) is 5. The fourth-order valence-electron chi connectivity index (χ4n) is 3.97. The quantitative estimate of drug-likeness (QED) is 0.538. The Morgan fingerprint density at radius 1 is 1.09 bits per heavy atom. The van der Waals surface area contributed by atoms with Gasteiger partial charge in [0.2, 0.25) is 10.0 Å². The van der Waals surface area contributed by atoms with E-state index in [0.29, 0.717) is 19.2 Å². The van der Waals surface area contributed by atoms with Crippen LogP contribution in [0.5, 0.6) is 0 Å². The molecule has 0 aromatic heterocycles. The van der Waals surface area contributed by atoms with Crippen molar-refractivity contribution in [3.63, 3.8) is 0 Å². The van der Waals surface area contributed by atoms with Crippen molar-refractivity contribution in [1.82, 2.24) is 4.31 Å². The number of hydrogen-bond donors (Lipinski definition) is 1. The predicted octanol–water partition coefficient (Wildman–Crippen LogP) is 4.82. The molecule has 1 saturated heterocycles. The first-order valence-electron chi connectivity index (χ1n) is 10.7. The predicted molar refractivity (Wildman–Crippen MR) is 124 cm³/mol. The first kappa shape index (κ1) is 27.0. The molecule has 2 aromatic rings. The first-order chi connectivity index (χ1) is 16.3. The van der Waals surface area contributed by atoms with E-state index in [1.54, 1.807) is 0 Å². The number of benzene rings is 2. The van der Waals surface area contributed by atoms with Gasteiger partial charge in [0.1, 0.15) is 0 Å². The van der Waals surface area contributed by atoms with Crippen molar-refractivity contribution in [2.45, 2.75) is 31.3 Å². The van der Waals surface area contributed by atoms with E-state index in [9.17, 15) is 31.2 Å². The Labute approximate surface area is 206 Å². The molecule has 190 valence electrons. The van der Waals surface area contributed by atoms with Crippen LogP contribution in [-0.2, 0) is 25.7 Å². The average molecular weight is 533 g/mol. The highest BCUT2D eigenvalue weighted by Crippen LogP contribution is 2.36. The van der Waals surface area contributed by atoms with Crippen LogP contribution < -0.4 is 5.32 Å². The molecule has 1 fully saturated rings. The lowest BCUT2D eigenvalue weighted by atomic mass is 9.94. The van der Waals surface area contributed by atoms with Gasteiger partial charge in [0.15, 0.2) is 6.61 Å². The highest BCUT2D eigenvalue weighted by molar-refractivity contribution is 7.89. The Kier molecular flexibility index (Phi) is 8.13.